The zero-order chi connectivity index (χ0) is 14.5. The molecule has 1 N–H and O–H groups in total. The fraction of sp³-hybridized carbons (Fsp3) is 0.462. The molecule has 0 aliphatic rings. The first-order valence-electron chi connectivity index (χ1n) is 5.85. The van der Waals surface area contributed by atoms with Crippen LogP contribution in [0.4, 0.5) is 0 Å². The van der Waals surface area contributed by atoms with Gasteiger partial charge < -0.3 is 9.84 Å². The summed E-state index contributed by atoms with van der Waals surface area (Å²) in [5.41, 5.74) is 0.849. The Hall–Kier alpha value is -1.56. The second-order valence-electron chi connectivity index (χ2n) is 4.51. The molecule has 5 nitrogen and oxygen atoms in total. The maximum atomic E-state index is 11.1. The standard InChI is InChI=1S/C13H18O5S/c1-18-12-5-3-10(4-6-12)9-11(13(14)15)7-8-19(2,16)17/h3-6,11H,7-9H2,1-2H3,(H,14,15). The molecule has 0 amide bonds. The molecular formula is C13H18O5S. The summed E-state index contributed by atoms with van der Waals surface area (Å²) in [7, 11) is -1.58. The maximum Gasteiger partial charge on any atom is 0.306 e. The fourth-order valence-electron chi connectivity index (χ4n) is 1.72. The molecule has 0 bridgehead atoms. The molecule has 0 aliphatic heterocycles. The average molecular weight is 286 g/mol. The molecule has 0 spiro atoms. The summed E-state index contributed by atoms with van der Waals surface area (Å²) in [5, 5.41) is 9.11. The molecule has 0 aromatic heterocycles. The number of ether oxygens (including phenoxy) is 1. The number of sulfone groups is 1. The summed E-state index contributed by atoms with van der Waals surface area (Å²) in [5.74, 6) is -1.07. The molecule has 1 rings (SSSR count). The maximum absolute atomic E-state index is 11.1. The highest BCUT2D eigenvalue weighted by Crippen LogP contribution is 2.17. The van der Waals surface area contributed by atoms with Gasteiger partial charge in [-0.3, -0.25) is 4.79 Å². The second kappa shape index (κ2) is 6.56. The van der Waals surface area contributed by atoms with Gasteiger partial charge >= 0.3 is 5.97 Å². The Morgan fingerprint density at radius 2 is 1.89 bits per heavy atom. The summed E-state index contributed by atoms with van der Waals surface area (Å²) in [6.07, 6.45) is 1.55. The molecule has 0 heterocycles. The number of hydrogen-bond donors (Lipinski definition) is 1. The number of aliphatic carboxylic acids is 1. The van der Waals surface area contributed by atoms with Gasteiger partial charge in [-0.2, -0.15) is 0 Å². The van der Waals surface area contributed by atoms with Crippen LogP contribution in [0.15, 0.2) is 24.3 Å². The van der Waals surface area contributed by atoms with Crippen LogP contribution in [0.5, 0.6) is 5.75 Å². The Balaban J connectivity index is 2.69. The van der Waals surface area contributed by atoms with Gasteiger partial charge in [-0.05, 0) is 30.5 Å². The average Bonchev–Trinajstić information content (AvgIpc) is 2.33. The van der Waals surface area contributed by atoms with Crippen molar-refractivity contribution in [3.05, 3.63) is 29.8 Å². The third kappa shape index (κ3) is 5.74. The van der Waals surface area contributed by atoms with Crippen molar-refractivity contribution in [1.29, 1.82) is 0 Å². The molecular weight excluding hydrogens is 268 g/mol. The Kier molecular flexibility index (Phi) is 5.35. The first kappa shape index (κ1) is 15.5. The highest BCUT2D eigenvalue weighted by Gasteiger charge is 2.20. The molecule has 0 saturated heterocycles. The van der Waals surface area contributed by atoms with Crippen molar-refractivity contribution >= 4 is 15.8 Å². The van der Waals surface area contributed by atoms with E-state index >= 15 is 0 Å². The molecule has 6 heteroatoms. The molecule has 1 aromatic carbocycles. The van der Waals surface area contributed by atoms with Crippen molar-refractivity contribution in [2.45, 2.75) is 12.8 Å². The lowest BCUT2D eigenvalue weighted by Gasteiger charge is -2.12. The van der Waals surface area contributed by atoms with Crippen LogP contribution >= 0.6 is 0 Å². The molecule has 19 heavy (non-hydrogen) atoms. The van der Waals surface area contributed by atoms with E-state index in [4.69, 9.17) is 9.84 Å². The Labute approximate surface area is 113 Å². The highest BCUT2D eigenvalue weighted by atomic mass is 32.2. The summed E-state index contributed by atoms with van der Waals surface area (Å²) in [6, 6.07) is 7.08. The molecule has 0 aliphatic carbocycles. The third-order valence-electron chi connectivity index (χ3n) is 2.83. The van der Waals surface area contributed by atoms with Crippen molar-refractivity contribution in [1.82, 2.24) is 0 Å². The van der Waals surface area contributed by atoms with Crippen LogP contribution < -0.4 is 4.74 Å². The van der Waals surface area contributed by atoms with Crippen molar-refractivity contribution in [3.8, 4) is 5.75 Å². The van der Waals surface area contributed by atoms with Crippen LogP contribution in [0, 0.1) is 5.92 Å². The lowest BCUT2D eigenvalue weighted by Crippen LogP contribution is -2.20. The minimum Gasteiger partial charge on any atom is -0.497 e. The van der Waals surface area contributed by atoms with Gasteiger partial charge in [0.05, 0.1) is 18.8 Å². The molecule has 1 aromatic rings. The number of carbonyl (C=O) groups is 1. The van der Waals surface area contributed by atoms with Crippen LogP contribution in [-0.2, 0) is 21.1 Å². The monoisotopic (exact) mass is 286 g/mol. The Morgan fingerprint density at radius 3 is 2.32 bits per heavy atom. The van der Waals surface area contributed by atoms with Gasteiger partial charge in [0.1, 0.15) is 15.6 Å². The largest absolute Gasteiger partial charge is 0.497 e. The van der Waals surface area contributed by atoms with Gasteiger partial charge in [0, 0.05) is 6.26 Å². The number of hydrogen-bond acceptors (Lipinski definition) is 4. The van der Waals surface area contributed by atoms with Gasteiger partial charge in [-0.25, -0.2) is 8.42 Å². The molecule has 0 radical (unpaired) electrons. The van der Waals surface area contributed by atoms with E-state index in [2.05, 4.69) is 0 Å². The fourth-order valence-corrected chi connectivity index (χ4v) is 2.43. The van der Waals surface area contributed by atoms with Crippen LogP contribution in [0.2, 0.25) is 0 Å². The second-order valence-corrected chi connectivity index (χ2v) is 6.77. The number of rotatable bonds is 7. The van der Waals surface area contributed by atoms with Crippen LogP contribution in [0.3, 0.4) is 0 Å². The quantitative estimate of drug-likeness (QED) is 0.819. The molecule has 0 fully saturated rings. The predicted octanol–water partition coefficient (Wildman–Crippen LogP) is 1.37. The van der Waals surface area contributed by atoms with E-state index in [9.17, 15) is 13.2 Å². The van der Waals surface area contributed by atoms with Crippen molar-refractivity contribution in [3.63, 3.8) is 0 Å². The van der Waals surface area contributed by atoms with Crippen LogP contribution in [-0.4, -0.2) is 38.6 Å². The van der Waals surface area contributed by atoms with Crippen LogP contribution in [0.1, 0.15) is 12.0 Å². The molecule has 1 atom stereocenters. The summed E-state index contributed by atoms with van der Waals surface area (Å²) in [4.78, 5) is 11.1. The first-order valence-corrected chi connectivity index (χ1v) is 7.91. The smallest absolute Gasteiger partial charge is 0.306 e. The van der Waals surface area contributed by atoms with E-state index in [1.165, 1.54) is 0 Å². The van der Waals surface area contributed by atoms with Gasteiger partial charge in [0.2, 0.25) is 0 Å². The minimum absolute atomic E-state index is 0.111. The molecule has 1 unspecified atom stereocenters. The lowest BCUT2D eigenvalue weighted by molar-refractivity contribution is -0.141. The third-order valence-corrected chi connectivity index (χ3v) is 3.80. The molecule has 106 valence electrons. The van der Waals surface area contributed by atoms with Gasteiger partial charge in [0.15, 0.2) is 0 Å². The highest BCUT2D eigenvalue weighted by molar-refractivity contribution is 7.90. The zero-order valence-corrected chi connectivity index (χ0v) is 11.8. The van der Waals surface area contributed by atoms with Crippen molar-refractivity contribution < 1.29 is 23.1 Å². The minimum atomic E-state index is -3.14. The predicted molar refractivity (Wildman–Crippen MR) is 72.2 cm³/mol. The van der Waals surface area contributed by atoms with Gasteiger partial charge in [-0.15, -0.1) is 0 Å². The Morgan fingerprint density at radius 1 is 1.32 bits per heavy atom. The summed E-state index contributed by atoms with van der Waals surface area (Å²) >= 11 is 0. The number of methoxy groups -OCH3 is 1. The van der Waals surface area contributed by atoms with Gasteiger partial charge in [-0.1, -0.05) is 12.1 Å². The topological polar surface area (TPSA) is 80.7 Å². The Bertz CT molecular complexity index is 518. The first-order chi connectivity index (χ1) is 8.81. The van der Waals surface area contributed by atoms with E-state index < -0.39 is 21.7 Å². The zero-order valence-electron chi connectivity index (χ0n) is 11.0. The van der Waals surface area contributed by atoms with E-state index in [0.717, 1.165) is 11.8 Å². The lowest BCUT2D eigenvalue weighted by atomic mass is 9.97. The number of carboxylic acids is 1. The number of benzene rings is 1. The molecule has 0 saturated carbocycles. The van der Waals surface area contributed by atoms with E-state index in [1.54, 1.807) is 31.4 Å². The SMILES string of the molecule is COc1ccc(CC(CCS(C)(=O)=O)C(=O)O)cc1. The van der Waals surface area contributed by atoms with Gasteiger partial charge in [0.25, 0.3) is 0 Å². The van der Waals surface area contributed by atoms with E-state index in [0.29, 0.717) is 12.2 Å². The van der Waals surface area contributed by atoms with Crippen LogP contribution in [0.25, 0.3) is 0 Å². The number of carboxylic acid groups (broad SMARTS) is 1. The summed E-state index contributed by atoms with van der Waals surface area (Å²) in [6.45, 7) is 0. The normalized spacial score (nSPS) is 12.9. The van der Waals surface area contributed by atoms with E-state index in [1.807, 2.05) is 0 Å². The van der Waals surface area contributed by atoms with Crippen molar-refractivity contribution in [2.75, 3.05) is 19.1 Å². The van der Waals surface area contributed by atoms with Crippen molar-refractivity contribution in [2.24, 2.45) is 5.92 Å². The summed E-state index contributed by atoms with van der Waals surface area (Å²) < 4.78 is 27.2. The van der Waals surface area contributed by atoms with E-state index in [-0.39, 0.29) is 12.2 Å².